The number of hydrogen-bond acceptors (Lipinski definition) is 2. The summed E-state index contributed by atoms with van der Waals surface area (Å²) in [6.07, 6.45) is 0.363. The molecule has 1 aliphatic heterocycles. The summed E-state index contributed by atoms with van der Waals surface area (Å²) in [6, 6.07) is 13.1. The van der Waals surface area contributed by atoms with Gasteiger partial charge in [0.25, 0.3) is 0 Å². The van der Waals surface area contributed by atoms with Crippen molar-refractivity contribution in [2.45, 2.75) is 13.3 Å². The highest BCUT2D eigenvalue weighted by Crippen LogP contribution is 2.24. The highest BCUT2D eigenvalue weighted by Gasteiger charge is 2.30. The van der Waals surface area contributed by atoms with Crippen molar-refractivity contribution in [3.05, 3.63) is 59.9 Å². The number of hydrogen-bond donors (Lipinski definition) is 2. The summed E-state index contributed by atoms with van der Waals surface area (Å²) in [5, 5.41) is 5.56. The van der Waals surface area contributed by atoms with Crippen LogP contribution in [0.5, 0.6) is 0 Å². The van der Waals surface area contributed by atoms with Crippen LogP contribution in [-0.4, -0.2) is 25.0 Å². The number of nitrogens with zero attached hydrogens (tertiary/aromatic N) is 1. The first-order valence-electron chi connectivity index (χ1n) is 8.19. The van der Waals surface area contributed by atoms with Crippen LogP contribution in [0.15, 0.2) is 48.5 Å². The van der Waals surface area contributed by atoms with E-state index in [0.29, 0.717) is 25.2 Å². The zero-order valence-corrected chi connectivity index (χ0v) is 14.0. The minimum absolute atomic E-state index is 0.0163. The molecule has 0 saturated carbocycles. The van der Waals surface area contributed by atoms with Gasteiger partial charge in [-0.3, -0.25) is 4.79 Å². The van der Waals surface area contributed by atoms with Crippen molar-refractivity contribution in [1.82, 2.24) is 5.32 Å². The first-order valence-corrected chi connectivity index (χ1v) is 8.19. The summed E-state index contributed by atoms with van der Waals surface area (Å²) in [5.74, 6) is -0.319. The second-order valence-electron chi connectivity index (χ2n) is 6.25. The summed E-state index contributed by atoms with van der Waals surface area (Å²) < 4.78 is 13.0. The second-order valence-corrected chi connectivity index (χ2v) is 6.25. The molecular weight excluding hydrogens is 321 g/mol. The van der Waals surface area contributed by atoms with Crippen molar-refractivity contribution in [3.8, 4) is 0 Å². The minimum Gasteiger partial charge on any atom is -0.338 e. The molecule has 2 aromatic rings. The zero-order chi connectivity index (χ0) is 17.8. The van der Waals surface area contributed by atoms with Gasteiger partial charge < -0.3 is 15.5 Å². The molecule has 0 radical (unpaired) electrons. The van der Waals surface area contributed by atoms with Crippen molar-refractivity contribution >= 4 is 23.3 Å². The van der Waals surface area contributed by atoms with Crippen molar-refractivity contribution in [3.63, 3.8) is 0 Å². The van der Waals surface area contributed by atoms with E-state index in [2.05, 4.69) is 10.6 Å². The van der Waals surface area contributed by atoms with E-state index in [-0.39, 0.29) is 23.7 Å². The molecule has 130 valence electrons. The second kappa shape index (κ2) is 7.34. The number of halogens is 1. The van der Waals surface area contributed by atoms with Crippen LogP contribution in [0.1, 0.15) is 12.0 Å². The van der Waals surface area contributed by atoms with Crippen molar-refractivity contribution in [2.24, 2.45) is 5.92 Å². The van der Waals surface area contributed by atoms with Gasteiger partial charge in [-0.15, -0.1) is 0 Å². The molecule has 2 aromatic carbocycles. The smallest absolute Gasteiger partial charge is 0.319 e. The average molecular weight is 341 g/mol. The fourth-order valence-electron chi connectivity index (χ4n) is 2.84. The lowest BCUT2D eigenvalue weighted by Gasteiger charge is -2.17. The average Bonchev–Trinajstić information content (AvgIpc) is 2.97. The molecule has 0 unspecified atom stereocenters. The zero-order valence-electron chi connectivity index (χ0n) is 14.0. The molecule has 1 atom stereocenters. The SMILES string of the molecule is Cc1ccc(NC(=O)NC[C@@H]2CC(=O)N(c3ccc(F)cc3)C2)cc1. The molecule has 0 spiro atoms. The van der Waals surface area contributed by atoms with E-state index in [4.69, 9.17) is 0 Å². The molecule has 0 aliphatic carbocycles. The van der Waals surface area contributed by atoms with Crippen LogP contribution >= 0.6 is 0 Å². The molecule has 1 saturated heterocycles. The minimum atomic E-state index is -0.332. The van der Waals surface area contributed by atoms with E-state index >= 15 is 0 Å². The highest BCUT2D eigenvalue weighted by molar-refractivity contribution is 5.96. The molecule has 2 N–H and O–H groups in total. The number of aryl methyl sites for hydroxylation is 1. The maximum absolute atomic E-state index is 13.0. The molecule has 3 amide bonds. The van der Waals surface area contributed by atoms with E-state index in [1.54, 1.807) is 17.0 Å². The number of amides is 3. The Kier molecular flexibility index (Phi) is 4.97. The number of carbonyl (C=O) groups is 2. The maximum Gasteiger partial charge on any atom is 0.319 e. The molecule has 1 fully saturated rings. The van der Waals surface area contributed by atoms with Crippen LogP contribution in [0.4, 0.5) is 20.6 Å². The Morgan fingerprint density at radius 1 is 1.16 bits per heavy atom. The standard InChI is InChI=1S/C19H20FN3O2/c1-13-2-6-16(7-3-13)22-19(25)21-11-14-10-18(24)23(12-14)17-8-4-15(20)5-9-17/h2-9,14H,10-12H2,1H3,(H2,21,22,25)/t14-/m0/s1. The number of carbonyl (C=O) groups excluding carboxylic acids is 2. The van der Waals surface area contributed by atoms with Gasteiger partial charge in [0.15, 0.2) is 0 Å². The lowest BCUT2D eigenvalue weighted by Crippen LogP contribution is -2.34. The van der Waals surface area contributed by atoms with Gasteiger partial charge >= 0.3 is 6.03 Å². The van der Waals surface area contributed by atoms with Crippen LogP contribution in [0, 0.1) is 18.7 Å². The summed E-state index contributed by atoms with van der Waals surface area (Å²) in [7, 11) is 0. The van der Waals surface area contributed by atoms with Crippen LogP contribution in [-0.2, 0) is 4.79 Å². The highest BCUT2D eigenvalue weighted by atomic mass is 19.1. The third-order valence-electron chi connectivity index (χ3n) is 4.20. The fraction of sp³-hybridized carbons (Fsp3) is 0.263. The summed E-state index contributed by atoms with van der Waals surface area (Å²) >= 11 is 0. The van der Waals surface area contributed by atoms with E-state index in [1.165, 1.54) is 12.1 Å². The maximum atomic E-state index is 13.0. The summed E-state index contributed by atoms with van der Waals surface area (Å²) in [6.45, 7) is 2.89. The molecule has 1 aliphatic rings. The fourth-order valence-corrected chi connectivity index (χ4v) is 2.84. The molecule has 0 bridgehead atoms. The third-order valence-corrected chi connectivity index (χ3v) is 4.20. The number of anilines is 2. The van der Waals surface area contributed by atoms with Crippen LogP contribution in [0.2, 0.25) is 0 Å². The largest absolute Gasteiger partial charge is 0.338 e. The molecule has 0 aromatic heterocycles. The Hall–Kier alpha value is -2.89. The van der Waals surface area contributed by atoms with Gasteiger partial charge in [-0.05, 0) is 43.3 Å². The number of nitrogens with one attached hydrogen (secondary N) is 2. The Labute approximate surface area is 145 Å². The quantitative estimate of drug-likeness (QED) is 0.896. The van der Waals surface area contributed by atoms with E-state index in [1.807, 2.05) is 31.2 Å². The van der Waals surface area contributed by atoms with Gasteiger partial charge in [-0.25, -0.2) is 9.18 Å². The van der Waals surface area contributed by atoms with Crippen LogP contribution in [0.3, 0.4) is 0 Å². The number of rotatable bonds is 4. The normalized spacial score (nSPS) is 16.8. The van der Waals surface area contributed by atoms with Gasteiger partial charge in [0.1, 0.15) is 5.82 Å². The van der Waals surface area contributed by atoms with E-state index < -0.39 is 0 Å². The third kappa shape index (κ3) is 4.35. The van der Waals surface area contributed by atoms with Gasteiger partial charge in [0, 0.05) is 36.8 Å². The van der Waals surface area contributed by atoms with Crippen molar-refractivity contribution < 1.29 is 14.0 Å². The van der Waals surface area contributed by atoms with E-state index in [0.717, 1.165) is 11.3 Å². The first-order chi connectivity index (χ1) is 12.0. The van der Waals surface area contributed by atoms with Crippen molar-refractivity contribution in [1.29, 1.82) is 0 Å². The topological polar surface area (TPSA) is 61.4 Å². The molecule has 25 heavy (non-hydrogen) atoms. The molecule has 6 heteroatoms. The number of urea groups is 1. The molecule has 1 heterocycles. The lowest BCUT2D eigenvalue weighted by molar-refractivity contribution is -0.117. The van der Waals surface area contributed by atoms with Crippen LogP contribution < -0.4 is 15.5 Å². The van der Waals surface area contributed by atoms with Crippen LogP contribution in [0.25, 0.3) is 0 Å². The lowest BCUT2D eigenvalue weighted by atomic mass is 10.1. The Bertz CT molecular complexity index is 759. The number of benzene rings is 2. The van der Waals surface area contributed by atoms with Gasteiger partial charge in [0.05, 0.1) is 0 Å². The molecule has 5 nitrogen and oxygen atoms in total. The van der Waals surface area contributed by atoms with E-state index in [9.17, 15) is 14.0 Å². The molecular formula is C19H20FN3O2. The summed E-state index contributed by atoms with van der Waals surface area (Å²) in [5.41, 5.74) is 2.52. The monoisotopic (exact) mass is 341 g/mol. The summed E-state index contributed by atoms with van der Waals surface area (Å²) in [4.78, 5) is 25.7. The predicted octanol–water partition coefficient (Wildman–Crippen LogP) is 3.31. The van der Waals surface area contributed by atoms with Crippen molar-refractivity contribution in [2.75, 3.05) is 23.3 Å². The Balaban J connectivity index is 1.50. The Morgan fingerprint density at radius 2 is 1.84 bits per heavy atom. The van der Waals surface area contributed by atoms with Gasteiger partial charge in [-0.2, -0.15) is 0 Å². The van der Waals surface area contributed by atoms with Gasteiger partial charge in [0.2, 0.25) is 5.91 Å². The predicted molar refractivity (Wildman–Crippen MR) is 95.1 cm³/mol. The Morgan fingerprint density at radius 3 is 2.52 bits per heavy atom. The van der Waals surface area contributed by atoms with Gasteiger partial charge in [-0.1, -0.05) is 17.7 Å². The first kappa shape index (κ1) is 17.0. The molecule has 3 rings (SSSR count).